The number of rotatable bonds is 6. The van der Waals surface area contributed by atoms with Gasteiger partial charge in [-0.1, -0.05) is 36.5 Å². The van der Waals surface area contributed by atoms with Gasteiger partial charge < -0.3 is 10.7 Å². The Labute approximate surface area is 128 Å². The van der Waals surface area contributed by atoms with E-state index in [9.17, 15) is 8.42 Å². The molecule has 0 amide bonds. The van der Waals surface area contributed by atoms with E-state index < -0.39 is 16.1 Å². The molecule has 4 N–H and O–H groups in total. The maximum Gasteiger partial charge on any atom is 0.216 e. The molecule has 6 nitrogen and oxygen atoms in total. The van der Waals surface area contributed by atoms with Crippen LogP contribution in [0.2, 0.25) is 0 Å². The second kappa shape index (κ2) is 6.33. The van der Waals surface area contributed by atoms with E-state index in [0.717, 1.165) is 0 Å². The topological polar surface area (TPSA) is 101 Å². The molecule has 1 unspecified atom stereocenters. The number of nitrogens with two attached hydrogens (primary N) is 1. The van der Waals surface area contributed by atoms with Crippen molar-refractivity contribution in [1.29, 1.82) is 0 Å². The summed E-state index contributed by atoms with van der Waals surface area (Å²) >= 11 is 4.85. The van der Waals surface area contributed by atoms with E-state index in [1.54, 1.807) is 43.6 Å². The average Bonchev–Trinajstić information content (AvgIpc) is 2.92. The summed E-state index contributed by atoms with van der Waals surface area (Å²) in [5.41, 5.74) is 6.87. The molecular weight excluding hydrogens is 308 g/mol. The van der Waals surface area contributed by atoms with Crippen molar-refractivity contribution in [2.24, 2.45) is 5.73 Å². The standard InChI is InChI=1S/C13H16N4O2S2/c1-9(13-15-6-7-16-13)17-21(18,19)8-10-2-4-11(5-3-10)12(14)20/h2-7,9,17H,8H2,1H3,(H2,14,20)(H,15,16). The lowest BCUT2D eigenvalue weighted by Gasteiger charge is -2.12. The molecule has 1 heterocycles. The van der Waals surface area contributed by atoms with Crippen LogP contribution >= 0.6 is 12.2 Å². The van der Waals surface area contributed by atoms with E-state index >= 15 is 0 Å². The molecule has 0 saturated carbocycles. The second-order valence-electron chi connectivity index (χ2n) is 4.63. The number of benzene rings is 1. The van der Waals surface area contributed by atoms with Gasteiger partial charge in [0, 0.05) is 18.0 Å². The summed E-state index contributed by atoms with van der Waals surface area (Å²) < 4.78 is 26.8. The van der Waals surface area contributed by atoms with Crippen LogP contribution in [-0.4, -0.2) is 23.4 Å². The number of hydrogen-bond acceptors (Lipinski definition) is 4. The molecule has 2 aromatic rings. The van der Waals surface area contributed by atoms with Crippen LogP contribution in [0, 0.1) is 0 Å². The lowest BCUT2D eigenvalue weighted by Crippen LogP contribution is -2.28. The molecule has 0 bridgehead atoms. The lowest BCUT2D eigenvalue weighted by atomic mass is 10.1. The van der Waals surface area contributed by atoms with Gasteiger partial charge in [-0.15, -0.1) is 0 Å². The van der Waals surface area contributed by atoms with Crippen LogP contribution in [0.4, 0.5) is 0 Å². The van der Waals surface area contributed by atoms with Gasteiger partial charge in [0.25, 0.3) is 0 Å². The van der Waals surface area contributed by atoms with Gasteiger partial charge >= 0.3 is 0 Å². The molecule has 0 aliphatic rings. The Kier molecular flexibility index (Phi) is 4.71. The minimum absolute atomic E-state index is 0.115. The van der Waals surface area contributed by atoms with E-state index in [-0.39, 0.29) is 10.7 Å². The third kappa shape index (κ3) is 4.35. The fourth-order valence-electron chi connectivity index (χ4n) is 1.87. The molecule has 1 aromatic carbocycles. The number of thiocarbonyl (C=S) groups is 1. The molecule has 2 rings (SSSR count). The summed E-state index contributed by atoms with van der Waals surface area (Å²) in [6.07, 6.45) is 3.23. The Morgan fingerprint density at radius 1 is 1.43 bits per heavy atom. The first-order valence-electron chi connectivity index (χ1n) is 6.25. The number of aromatic nitrogens is 2. The highest BCUT2D eigenvalue weighted by Gasteiger charge is 2.17. The van der Waals surface area contributed by atoms with Gasteiger partial charge in [-0.3, -0.25) is 0 Å². The molecule has 0 spiro atoms. The van der Waals surface area contributed by atoms with E-state index in [1.165, 1.54) is 0 Å². The van der Waals surface area contributed by atoms with Crippen molar-refractivity contribution < 1.29 is 8.42 Å². The second-order valence-corrected chi connectivity index (χ2v) is 6.83. The molecule has 0 saturated heterocycles. The quantitative estimate of drug-likeness (QED) is 0.694. The van der Waals surface area contributed by atoms with Crippen molar-refractivity contribution in [2.45, 2.75) is 18.7 Å². The van der Waals surface area contributed by atoms with Crippen LogP contribution in [0.1, 0.15) is 29.9 Å². The minimum atomic E-state index is -3.47. The number of sulfonamides is 1. The largest absolute Gasteiger partial charge is 0.389 e. The predicted octanol–water partition coefficient (Wildman–Crippen LogP) is 1.22. The molecule has 8 heteroatoms. The van der Waals surface area contributed by atoms with Crippen molar-refractivity contribution in [3.63, 3.8) is 0 Å². The van der Waals surface area contributed by atoms with E-state index in [4.69, 9.17) is 18.0 Å². The van der Waals surface area contributed by atoms with Crippen molar-refractivity contribution >= 4 is 27.2 Å². The number of hydrogen-bond donors (Lipinski definition) is 3. The van der Waals surface area contributed by atoms with Crippen LogP contribution in [0.5, 0.6) is 0 Å². The highest BCUT2D eigenvalue weighted by Crippen LogP contribution is 2.12. The van der Waals surface area contributed by atoms with Gasteiger partial charge in [0.1, 0.15) is 10.8 Å². The smallest absolute Gasteiger partial charge is 0.216 e. The molecule has 112 valence electrons. The summed E-state index contributed by atoms with van der Waals surface area (Å²) in [5, 5.41) is 0. The fourth-order valence-corrected chi connectivity index (χ4v) is 3.37. The maximum absolute atomic E-state index is 12.1. The third-order valence-corrected chi connectivity index (χ3v) is 4.54. The lowest BCUT2D eigenvalue weighted by molar-refractivity contribution is 0.560. The molecule has 0 fully saturated rings. The summed E-state index contributed by atoms with van der Waals surface area (Å²) in [7, 11) is -3.47. The number of imidazole rings is 1. The first-order valence-corrected chi connectivity index (χ1v) is 8.31. The van der Waals surface area contributed by atoms with Gasteiger partial charge in [0.2, 0.25) is 10.0 Å². The molecule has 0 radical (unpaired) electrons. The van der Waals surface area contributed by atoms with Crippen LogP contribution < -0.4 is 10.5 Å². The van der Waals surface area contributed by atoms with Crippen molar-refractivity contribution in [2.75, 3.05) is 0 Å². The Balaban J connectivity index is 2.05. The zero-order valence-electron chi connectivity index (χ0n) is 11.4. The summed E-state index contributed by atoms with van der Waals surface area (Å²) in [6, 6.07) is 6.41. The predicted molar refractivity (Wildman–Crippen MR) is 85.1 cm³/mol. The Morgan fingerprint density at radius 3 is 2.62 bits per heavy atom. The fraction of sp³-hybridized carbons (Fsp3) is 0.231. The average molecular weight is 324 g/mol. The minimum Gasteiger partial charge on any atom is -0.389 e. The molecule has 21 heavy (non-hydrogen) atoms. The van der Waals surface area contributed by atoms with Gasteiger partial charge in [-0.05, 0) is 12.5 Å². The molecule has 0 aliphatic carbocycles. The Bertz CT molecular complexity index is 709. The highest BCUT2D eigenvalue weighted by molar-refractivity contribution is 7.88. The first-order chi connectivity index (χ1) is 9.87. The summed E-state index contributed by atoms with van der Waals surface area (Å²) in [5.74, 6) is 0.456. The number of aromatic amines is 1. The van der Waals surface area contributed by atoms with Crippen molar-refractivity contribution in [1.82, 2.24) is 14.7 Å². The number of nitrogens with one attached hydrogen (secondary N) is 2. The van der Waals surface area contributed by atoms with E-state index in [0.29, 0.717) is 17.0 Å². The van der Waals surface area contributed by atoms with Crippen molar-refractivity contribution in [3.8, 4) is 0 Å². The van der Waals surface area contributed by atoms with Gasteiger partial charge in [0.15, 0.2) is 0 Å². The van der Waals surface area contributed by atoms with Gasteiger partial charge in [0.05, 0.1) is 11.8 Å². The van der Waals surface area contributed by atoms with Crippen LogP contribution in [0.3, 0.4) is 0 Å². The third-order valence-electron chi connectivity index (χ3n) is 2.88. The maximum atomic E-state index is 12.1. The SMILES string of the molecule is CC(NS(=O)(=O)Cc1ccc(C(N)=S)cc1)c1ncc[nH]1. The van der Waals surface area contributed by atoms with Crippen LogP contribution in [-0.2, 0) is 15.8 Å². The summed E-state index contributed by atoms with van der Waals surface area (Å²) in [6.45, 7) is 1.73. The molecule has 1 aromatic heterocycles. The van der Waals surface area contributed by atoms with Crippen LogP contribution in [0.15, 0.2) is 36.7 Å². The number of H-pyrrole nitrogens is 1. The monoisotopic (exact) mass is 324 g/mol. The normalized spacial score (nSPS) is 13.0. The van der Waals surface area contributed by atoms with Crippen LogP contribution in [0.25, 0.3) is 0 Å². The zero-order chi connectivity index (χ0) is 15.5. The number of nitrogens with zero attached hydrogens (tertiary/aromatic N) is 1. The Hall–Kier alpha value is -1.77. The van der Waals surface area contributed by atoms with Gasteiger partial charge in [-0.2, -0.15) is 0 Å². The van der Waals surface area contributed by atoms with Crippen molar-refractivity contribution in [3.05, 3.63) is 53.6 Å². The highest BCUT2D eigenvalue weighted by atomic mass is 32.2. The molecule has 0 aliphatic heterocycles. The van der Waals surface area contributed by atoms with E-state index in [2.05, 4.69) is 14.7 Å². The Morgan fingerprint density at radius 2 is 2.10 bits per heavy atom. The van der Waals surface area contributed by atoms with E-state index in [1.807, 2.05) is 0 Å². The molecular formula is C13H16N4O2S2. The summed E-state index contributed by atoms with van der Waals surface area (Å²) in [4.78, 5) is 7.19. The molecule has 1 atom stereocenters. The zero-order valence-corrected chi connectivity index (χ0v) is 13.0. The first kappa shape index (κ1) is 15.6. The van der Waals surface area contributed by atoms with Gasteiger partial charge in [-0.25, -0.2) is 18.1 Å².